The number of carbonyl (C=O) groups excluding carboxylic acids is 1. The van der Waals surface area contributed by atoms with Crippen molar-refractivity contribution in [1.82, 2.24) is 14.5 Å². The molecule has 4 nitrogen and oxygen atoms in total. The van der Waals surface area contributed by atoms with Gasteiger partial charge in [0.2, 0.25) is 0 Å². The molecule has 1 aliphatic rings. The van der Waals surface area contributed by atoms with E-state index in [0.29, 0.717) is 11.7 Å². The lowest BCUT2D eigenvalue weighted by atomic mass is 9.97. The number of piperidine rings is 1. The molecule has 1 aliphatic heterocycles. The molecule has 0 aliphatic carbocycles. The summed E-state index contributed by atoms with van der Waals surface area (Å²) in [5.74, 6) is 1.17. The molecule has 1 fully saturated rings. The number of benzene rings is 2. The van der Waals surface area contributed by atoms with Crippen LogP contribution in [0.25, 0.3) is 11.0 Å². The maximum absolute atomic E-state index is 12.1. The van der Waals surface area contributed by atoms with Crippen LogP contribution >= 0.6 is 0 Å². The first-order valence-electron chi connectivity index (χ1n) is 9.43. The summed E-state index contributed by atoms with van der Waals surface area (Å²) in [5.41, 5.74) is 3.35. The van der Waals surface area contributed by atoms with E-state index >= 15 is 0 Å². The van der Waals surface area contributed by atoms with Gasteiger partial charge in [0.05, 0.1) is 11.0 Å². The second-order valence-corrected chi connectivity index (χ2v) is 7.32. The maximum Gasteiger partial charge on any atom is 0.195 e. The Labute approximate surface area is 154 Å². The topological polar surface area (TPSA) is 38.1 Å². The normalized spacial score (nSPS) is 18.3. The van der Waals surface area contributed by atoms with Gasteiger partial charge in [-0.3, -0.25) is 9.69 Å². The third-order valence-corrected chi connectivity index (χ3v) is 5.26. The molecule has 2 heterocycles. The van der Waals surface area contributed by atoms with Crippen LogP contribution in [-0.4, -0.2) is 33.3 Å². The van der Waals surface area contributed by atoms with Crippen LogP contribution in [0.15, 0.2) is 54.6 Å². The van der Waals surface area contributed by atoms with Crippen molar-refractivity contribution in [3.8, 4) is 0 Å². The van der Waals surface area contributed by atoms with Crippen molar-refractivity contribution in [2.45, 2.75) is 32.9 Å². The molecule has 0 unspecified atom stereocenters. The van der Waals surface area contributed by atoms with Crippen molar-refractivity contribution >= 4 is 16.8 Å². The molecule has 1 aromatic heterocycles. The molecule has 0 bridgehead atoms. The highest BCUT2D eigenvalue weighted by Crippen LogP contribution is 2.24. The Bertz CT molecular complexity index is 900. The van der Waals surface area contributed by atoms with Gasteiger partial charge in [-0.25, -0.2) is 4.98 Å². The number of fused-ring (bicyclic) bond motifs is 1. The Kier molecular flexibility index (Phi) is 4.85. The molecule has 2 aromatic carbocycles. The highest BCUT2D eigenvalue weighted by Gasteiger charge is 2.23. The van der Waals surface area contributed by atoms with Gasteiger partial charge < -0.3 is 4.57 Å². The lowest BCUT2D eigenvalue weighted by molar-refractivity contribution is 0.0995. The first-order valence-corrected chi connectivity index (χ1v) is 9.43. The zero-order chi connectivity index (χ0) is 17.9. The van der Waals surface area contributed by atoms with Crippen LogP contribution in [0.1, 0.15) is 35.9 Å². The minimum atomic E-state index is 0.0400. The van der Waals surface area contributed by atoms with Crippen LogP contribution in [0.4, 0.5) is 0 Å². The van der Waals surface area contributed by atoms with E-state index in [4.69, 9.17) is 0 Å². The molecule has 0 N–H and O–H groups in total. The van der Waals surface area contributed by atoms with Gasteiger partial charge in [0.25, 0.3) is 0 Å². The molecular formula is C22H25N3O. The first-order chi connectivity index (χ1) is 12.7. The van der Waals surface area contributed by atoms with E-state index in [-0.39, 0.29) is 5.78 Å². The van der Waals surface area contributed by atoms with Gasteiger partial charge in [0.15, 0.2) is 11.6 Å². The van der Waals surface area contributed by atoms with E-state index in [1.165, 1.54) is 18.4 Å². The Morgan fingerprint density at radius 1 is 1.12 bits per heavy atom. The van der Waals surface area contributed by atoms with Crippen molar-refractivity contribution < 1.29 is 4.79 Å². The summed E-state index contributed by atoms with van der Waals surface area (Å²) in [6, 6.07) is 18.7. The van der Waals surface area contributed by atoms with Crippen molar-refractivity contribution in [2.24, 2.45) is 5.92 Å². The predicted octanol–water partition coefficient (Wildman–Crippen LogP) is 4.15. The summed E-state index contributed by atoms with van der Waals surface area (Å²) in [6.07, 6.45) is 2.41. The summed E-state index contributed by atoms with van der Waals surface area (Å²) < 4.78 is 2.13. The summed E-state index contributed by atoms with van der Waals surface area (Å²) >= 11 is 0. The van der Waals surface area contributed by atoms with Gasteiger partial charge >= 0.3 is 0 Å². The molecule has 3 aromatic rings. The third-order valence-electron chi connectivity index (χ3n) is 5.26. The number of imidazole rings is 1. The maximum atomic E-state index is 12.1. The smallest absolute Gasteiger partial charge is 0.195 e. The molecule has 134 valence electrons. The van der Waals surface area contributed by atoms with Gasteiger partial charge in [0.1, 0.15) is 0 Å². The fraction of sp³-hybridized carbons (Fsp3) is 0.364. The Hall–Kier alpha value is -2.46. The number of ketones is 1. The van der Waals surface area contributed by atoms with Crippen LogP contribution in [0.5, 0.6) is 0 Å². The van der Waals surface area contributed by atoms with Gasteiger partial charge in [-0.1, -0.05) is 42.5 Å². The fourth-order valence-corrected chi connectivity index (χ4v) is 4.07. The molecule has 1 atom stereocenters. The van der Waals surface area contributed by atoms with Crippen LogP contribution < -0.4 is 0 Å². The molecule has 0 amide bonds. The minimum Gasteiger partial charge on any atom is -0.321 e. The van der Waals surface area contributed by atoms with Gasteiger partial charge in [0, 0.05) is 26.6 Å². The second kappa shape index (κ2) is 7.42. The highest BCUT2D eigenvalue weighted by molar-refractivity contribution is 5.94. The molecule has 4 heteroatoms. The number of nitrogens with zero attached hydrogens (tertiary/aromatic N) is 3. The molecule has 1 saturated heterocycles. The zero-order valence-electron chi connectivity index (χ0n) is 15.3. The fourth-order valence-electron chi connectivity index (χ4n) is 4.07. The van der Waals surface area contributed by atoms with Crippen LogP contribution in [0.3, 0.4) is 0 Å². The average molecular weight is 347 g/mol. The van der Waals surface area contributed by atoms with E-state index in [9.17, 15) is 4.79 Å². The number of likely N-dealkylation sites (tertiary alicyclic amines) is 1. The average Bonchev–Trinajstić information content (AvgIpc) is 3.02. The van der Waals surface area contributed by atoms with Gasteiger partial charge in [-0.05, 0) is 43.0 Å². The molecule has 26 heavy (non-hydrogen) atoms. The molecule has 0 saturated carbocycles. The quantitative estimate of drug-likeness (QED) is 0.651. The predicted molar refractivity (Wildman–Crippen MR) is 104 cm³/mol. The van der Waals surface area contributed by atoms with Gasteiger partial charge in [-0.15, -0.1) is 0 Å². The van der Waals surface area contributed by atoms with E-state index in [1.54, 1.807) is 6.92 Å². The number of aromatic nitrogens is 2. The standard InChI is InChI=1S/C22H25N3O/c1-17(26)22-23-20-11-5-6-12-21(20)25(22)16-19-10-7-13-24(15-19)14-18-8-3-2-4-9-18/h2-6,8-9,11-12,19H,7,10,13-16H2,1H3/t19-/m0/s1. The minimum absolute atomic E-state index is 0.0400. The molecule has 0 radical (unpaired) electrons. The molecule has 0 spiro atoms. The highest BCUT2D eigenvalue weighted by atomic mass is 16.1. The number of hydrogen-bond donors (Lipinski definition) is 0. The van der Waals surface area contributed by atoms with Crippen LogP contribution in [0, 0.1) is 5.92 Å². The number of Topliss-reactive ketones (excluding diaryl/α,β-unsaturated/α-hetero) is 1. The Balaban J connectivity index is 1.53. The summed E-state index contributed by atoms with van der Waals surface area (Å²) in [7, 11) is 0. The van der Waals surface area contributed by atoms with Crippen LogP contribution in [-0.2, 0) is 13.1 Å². The summed E-state index contributed by atoms with van der Waals surface area (Å²) in [5, 5.41) is 0. The summed E-state index contributed by atoms with van der Waals surface area (Å²) in [6.45, 7) is 5.69. The number of hydrogen-bond acceptors (Lipinski definition) is 3. The van der Waals surface area contributed by atoms with Gasteiger partial charge in [-0.2, -0.15) is 0 Å². The zero-order valence-corrected chi connectivity index (χ0v) is 15.3. The van der Waals surface area contributed by atoms with E-state index in [1.807, 2.05) is 18.2 Å². The van der Waals surface area contributed by atoms with E-state index < -0.39 is 0 Å². The number of rotatable bonds is 5. The monoisotopic (exact) mass is 347 g/mol. The van der Waals surface area contributed by atoms with Crippen LogP contribution in [0.2, 0.25) is 0 Å². The second-order valence-electron chi connectivity index (χ2n) is 7.32. The molecule has 4 rings (SSSR count). The van der Waals surface area contributed by atoms with Crippen molar-refractivity contribution in [3.63, 3.8) is 0 Å². The lowest BCUT2D eigenvalue weighted by Gasteiger charge is -2.33. The largest absolute Gasteiger partial charge is 0.321 e. The number of carbonyl (C=O) groups is 1. The Morgan fingerprint density at radius 3 is 2.69 bits per heavy atom. The Morgan fingerprint density at radius 2 is 1.88 bits per heavy atom. The van der Waals surface area contributed by atoms with Crippen molar-refractivity contribution in [2.75, 3.05) is 13.1 Å². The van der Waals surface area contributed by atoms with Crippen molar-refractivity contribution in [3.05, 3.63) is 66.0 Å². The third kappa shape index (κ3) is 3.56. The number of para-hydroxylation sites is 2. The summed E-state index contributed by atoms with van der Waals surface area (Å²) in [4.78, 5) is 19.2. The SMILES string of the molecule is CC(=O)c1nc2ccccc2n1C[C@H]1CCCN(Cc2ccccc2)C1. The molecular weight excluding hydrogens is 322 g/mol. The lowest BCUT2D eigenvalue weighted by Crippen LogP contribution is -2.36. The van der Waals surface area contributed by atoms with E-state index in [0.717, 1.165) is 37.2 Å². The van der Waals surface area contributed by atoms with Crippen molar-refractivity contribution in [1.29, 1.82) is 0 Å². The van der Waals surface area contributed by atoms with E-state index in [2.05, 4.69) is 50.8 Å². The first kappa shape index (κ1) is 17.0.